The summed E-state index contributed by atoms with van der Waals surface area (Å²) in [7, 11) is 1.69. The summed E-state index contributed by atoms with van der Waals surface area (Å²) >= 11 is 0. The molecule has 1 aliphatic carbocycles. The number of carbonyl (C=O) groups excluding carboxylic acids is 1. The number of fused-ring (bicyclic) bond motifs is 1. The fourth-order valence-electron chi connectivity index (χ4n) is 3.13. The number of amides is 1. The molecule has 1 heterocycles. The van der Waals surface area contributed by atoms with Crippen LogP contribution in [0.1, 0.15) is 13.3 Å². The first kappa shape index (κ1) is 15.6. The number of hydrogen-bond donors (Lipinski definition) is 0. The third-order valence-corrected chi connectivity index (χ3v) is 4.50. The molecule has 0 spiro atoms. The topological polar surface area (TPSA) is 75.9 Å². The molecule has 1 fully saturated rings. The first-order chi connectivity index (χ1) is 11.0. The molecule has 1 aromatic rings. The molecule has 0 bridgehead atoms. The van der Waals surface area contributed by atoms with Gasteiger partial charge in [0, 0.05) is 24.9 Å². The van der Waals surface area contributed by atoms with Crippen LogP contribution >= 0.6 is 0 Å². The Morgan fingerprint density at radius 1 is 1.48 bits per heavy atom. The number of ether oxygens (including phenoxy) is 1. The van der Waals surface area contributed by atoms with E-state index in [1.54, 1.807) is 11.9 Å². The standard InChI is InChI=1S/C16H21N3O4/c1-3-18-10-11(23-15-7-5-4-6-13(15)18)9-17(2)16(20)12-8-14(12)19(21)22/h4-7,11-12,14H,3,8-10H2,1-2H3/t11-,12-,14+/m0/s1. The first-order valence-corrected chi connectivity index (χ1v) is 7.90. The lowest BCUT2D eigenvalue weighted by Gasteiger charge is -2.37. The highest BCUT2D eigenvalue weighted by atomic mass is 16.6. The van der Waals surface area contributed by atoms with Gasteiger partial charge in [-0.25, -0.2) is 0 Å². The largest absolute Gasteiger partial charge is 0.485 e. The van der Waals surface area contributed by atoms with Crippen molar-refractivity contribution in [1.82, 2.24) is 4.90 Å². The van der Waals surface area contributed by atoms with Crippen LogP contribution in [0.15, 0.2) is 24.3 Å². The van der Waals surface area contributed by atoms with Gasteiger partial charge >= 0.3 is 0 Å². The van der Waals surface area contributed by atoms with E-state index in [1.165, 1.54) is 0 Å². The van der Waals surface area contributed by atoms with Crippen molar-refractivity contribution in [2.24, 2.45) is 5.92 Å². The van der Waals surface area contributed by atoms with Crippen molar-refractivity contribution in [3.05, 3.63) is 34.4 Å². The van der Waals surface area contributed by atoms with Crippen molar-refractivity contribution >= 4 is 11.6 Å². The Bertz CT molecular complexity index is 621. The van der Waals surface area contributed by atoms with Crippen LogP contribution in [0, 0.1) is 16.0 Å². The molecule has 1 saturated carbocycles. The van der Waals surface area contributed by atoms with E-state index < -0.39 is 12.0 Å². The molecule has 7 nitrogen and oxygen atoms in total. The Balaban J connectivity index is 1.63. The highest BCUT2D eigenvalue weighted by Gasteiger charge is 2.54. The zero-order chi connectivity index (χ0) is 16.6. The fourth-order valence-corrected chi connectivity index (χ4v) is 3.13. The number of likely N-dealkylation sites (N-methyl/N-ethyl adjacent to an activating group) is 2. The monoisotopic (exact) mass is 319 g/mol. The molecule has 1 aromatic carbocycles. The van der Waals surface area contributed by atoms with Gasteiger partial charge in [0.25, 0.3) is 0 Å². The molecule has 3 rings (SSSR count). The fraction of sp³-hybridized carbons (Fsp3) is 0.562. The maximum absolute atomic E-state index is 12.2. The van der Waals surface area contributed by atoms with E-state index in [1.807, 2.05) is 24.3 Å². The van der Waals surface area contributed by atoms with Crippen LogP contribution in [0.4, 0.5) is 5.69 Å². The lowest BCUT2D eigenvalue weighted by molar-refractivity contribution is -0.497. The number of anilines is 1. The van der Waals surface area contributed by atoms with E-state index in [0.29, 0.717) is 19.5 Å². The van der Waals surface area contributed by atoms with Gasteiger partial charge in [0.2, 0.25) is 11.9 Å². The molecular formula is C16H21N3O4. The second kappa shape index (κ2) is 6.06. The van der Waals surface area contributed by atoms with Crippen LogP contribution in [-0.2, 0) is 4.79 Å². The molecule has 3 atom stereocenters. The van der Waals surface area contributed by atoms with E-state index in [9.17, 15) is 14.9 Å². The molecule has 0 N–H and O–H groups in total. The summed E-state index contributed by atoms with van der Waals surface area (Å²) in [5.74, 6) is 0.200. The molecule has 1 aliphatic heterocycles. The van der Waals surface area contributed by atoms with Crippen molar-refractivity contribution in [2.75, 3.05) is 31.6 Å². The van der Waals surface area contributed by atoms with Gasteiger partial charge in [0.1, 0.15) is 17.8 Å². The lowest BCUT2D eigenvalue weighted by Crippen LogP contribution is -2.47. The van der Waals surface area contributed by atoms with Crippen LogP contribution in [0.3, 0.4) is 0 Å². The molecule has 1 amide bonds. The summed E-state index contributed by atoms with van der Waals surface area (Å²) < 4.78 is 5.99. The number of rotatable bonds is 5. The van der Waals surface area contributed by atoms with E-state index in [0.717, 1.165) is 18.0 Å². The minimum absolute atomic E-state index is 0.133. The minimum Gasteiger partial charge on any atom is -0.485 e. The third kappa shape index (κ3) is 3.09. The summed E-state index contributed by atoms with van der Waals surface area (Å²) in [6.07, 6.45) is 0.220. The van der Waals surface area contributed by atoms with E-state index in [2.05, 4.69) is 11.8 Å². The summed E-state index contributed by atoms with van der Waals surface area (Å²) in [6.45, 7) is 4.08. The maximum Gasteiger partial charge on any atom is 0.232 e. The summed E-state index contributed by atoms with van der Waals surface area (Å²) in [4.78, 5) is 26.4. The van der Waals surface area contributed by atoms with Crippen molar-refractivity contribution in [2.45, 2.75) is 25.5 Å². The molecule has 0 saturated heterocycles. The van der Waals surface area contributed by atoms with Crippen molar-refractivity contribution in [3.63, 3.8) is 0 Å². The van der Waals surface area contributed by atoms with Crippen LogP contribution in [0.5, 0.6) is 5.75 Å². The lowest BCUT2D eigenvalue weighted by atomic mass is 10.1. The number of nitrogens with zero attached hydrogens (tertiary/aromatic N) is 3. The van der Waals surface area contributed by atoms with Crippen molar-refractivity contribution in [1.29, 1.82) is 0 Å². The Morgan fingerprint density at radius 2 is 2.22 bits per heavy atom. The zero-order valence-corrected chi connectivity index (χ0v) is 13.3. The number of hydrogen-bond acceptors (Lipinski definition) is 5. The average Bonchev–Trinajstić information content (AvgIpc) is 3.34. The Hall–Kier alpha value is -2.31. The quantitative estimate of drug-likeness (QED) is 0.606. The van der Waals surface area contributed by atoms with E-state index in [-0.39, 0.29) is 16.9 Å². The number of para-hydroxylation sites is 2. The average molecular weight is 319 g/mol. The molecular weight excluding hydrogens is 298 g/mol. The van der Waals surface area contributed by atoms with Crippen LogP contribution in [0.25, 0.3) is 0 Å². The highest BCUT2D eigenvalue weighted by Crippen LogP contribution is 2.35. The third-order valence-electron chi connectivity index (χ3n) is 4.50. The van der Waals surface area contributed by atoms with Crippen LogP contribution in [-0.4, -0.2) is 54.6 Å². The molecule has 124 valence electrons. The summed E-state index contributed by atoms with van der Waals surface area (Å²) in [6, 6.07) is 7.15. The van der Waals surface area contributed by atoms with Gasteiger partial charge in [0.15, 0.2) is 0 Å². The predicted octanol–water partition coefficient (Wildman–Crippen LogP) is 1.40. The molecule has 7 heteroatoms. The normalized spacial score (nSPS) is 25.3. The van der Waals surface area contributed by atoms with Gasteiger partial charge in [0.05, 0.1) is 18.8 Å². The second-order valence-corrected chi connectivity index (χ2v) is 6.16. The highest BCUT2D eigenvalue weighted by molar-refractivity contribution is 5.82. The van der Waals surface area contributed by atoms with Crippen molar-refractivity contribution in [3.8, 4) is 5.75 Å². The molecule has 2 aliphatic rings. The predicted molar refractivity (Wildman–Crippen MR) is 85.3 cm³/mol. The Labute approximate surface area is 135 Å². The summed E-state index contributed by atoms with van der Waals surface area (Å²) in [5.41, 5.74) is 1.07. The van der Waals surface area contributed by atoms with E-state index in [4.69, 9.17) is 4.74 Å². The van der Waals surface area contributed by atoms with Gasteiger partial charge < -0.3 is 14.5 Å². The van der Waals surface area contributed by atoms with Gasteiger partial charge in [-0.05, 0) is 19.1 Å². The van der Waals surface area contributed by atoms with Crippen LogP contribution in [0.2, 0.25) is 0 Å². The molecule has 0 unspecified atom stereocenters. The maximum atomic E-state index is 12.2. The van der Waals surface area contributed by atoms with Crippen molar-refractivity contribution < 1.29 is 14.5 Å². The smallest absolute Gasteiger partial charge is 0.232 e. The van der Waals surface area contributed by atoms with Gasteiger partial charge in [-0.3, -0.25) is 14.9 Å². The minimum atomic E-state index is -0.704. The molecule has 0 radical (unpaired) electrons. The molecule has 0 aromatic heterocycles. The number of carbonyl (C=O) groups is 1. The van der Waals surface area contributed by atoms with Gasteiger partial charge in [-0.1, -0.05) is 12.1 Å². The number of benzene rings is 1. The van der Waals surface area contributed by atoms with E-state index >= 15 is 0 Å². The summed E-state index contributed by atoms with van der Waals surface area (Å²) in [5, 5.41) is 10.7. The SMILES string of the molecule is CCN1C[C@H](CN(C)C(=O)[C@H]2C[C@H]2[N+](=O)[O-])Oc2ccccc21. The van der Waals surface area contributed by atoms with Gasteiger partial charge in [-0.15, -0.1) is 0 Å². The second-order valence-electron chi connectivity index (χ2n) is 6.16. The zero-order valence-electron chi connectivity index (χ0n) is 13.3. The molecule has 23 heavy (non-hydrogen) atoms. The van der Waals surface area contributed by atoms with Crippen LogP contribution < -0.4 is 9.64 Å². The Morgan fingerprint density at radius 3 is 2.87 bits per heavy atom. The number of nitro groups is 1. The Kier molecular flexibility index (Phi) is 4.11. The van der Waals surface area contributed by atoms with Gasteiger partial charge in [-0.2, -0.15) is 0 Å². The first-order valence-electron chi connectivity index (χ1n) is 7.90.